The SMILES string of the molecule is CC(=O)SCCC(O)C(O)c1ccc(C(=O)O)c(F)c1. The van der Waals surface area contributed by atoms with Crippen LogP contribution < -0.4 is 0 Å². The van der Waals surface area contributed by atoms with E-state index in [1.54, 1.807) is 0 Å². The number of thioether (sulfide) groups is 1. The molecule has 1 aromatic carbocycles. The summed E-state index contributed by atoms with van der Waals surface area (Å²) in [5.41, 5.74) is -0.407. The average molecular weight is 302 g/mol. The predicted molar refractivity (Wildman–Crippen MR) is 72.1 cm³/mol. The number of carboxylic acid groups (broad SMARTS) is 1. The van der Waals surface area contributed by atoms with Gasteiger partial charge in [-0.2, -0.15) is 0 Å². The molecule has 0 spiro atoms. The molecule has 1 rings (SSSR count). The fourth-order valence-electron chi connectivity index (χ4n) is 1.59. The number of carbonyl (C=O) groups is 2. The summed E-state index contributed by atoms with van der Waals surface area (Å²) in [5.74, 6) is -2.04. The fraction of sp³-hybridized carbons (Fsp3) is 0.385. The maximum atomic E-state index is 13.5. The summed E-state index contributed by atoms with van der Waals surface area (Å²) in [7, 11) is 0. The van der Waals surface area contributed by atoms with E-state index in [1.807, 2.05) is 0 Å². The molecule has 2 atom stereocenters. The van der Waals surface area contributed by atoms with Crippen molar-refractivity contribution in [3.8, 4) is 0 Å². The molecule has 0 saturated carbocycles. The lowest BCUT2D eigenvalue weighted by Gasteiger charge is -2.18. The van der Waals surface area contributed by atoms with E-state index in [0.29, 0.717) is 5.75 Å². The van der Waals surface area contributed by atoms with Crippen molar-refractivity contribution in [1.82, 2.24) is 0 Å². The topological polar surface area (TPSA) is 94.8 Å². The molecule has 0 fully saturated rings. The number of aliphatic hydroxyl groups excluding tert-OH is 2. The molecule has 20 heavy (non-hydrogen) atoms. The molecule has 0 aliphatic rings. The summed E-state index contributed by atoms with van der Waals surface area (Å²) in [6.45, 7) is 1.40. The number of carboxylic acids is 1. The number of aromatic carboxylic acids is 1. The van der Waals surface area contributed by atoms with E-state index in [1.165, 1.54) is 13.0 Å². The molecule has 3 N–H and O–H groups in total. The number of hydrogen-bond donors (Lipinski definition) is 3. The van der Waals surface area contributed by atoms with E-state index >= 15 is 0 Å². The summed E-state index contributed by atoms with van der Waals surface area (Å²) in [5, 5.41) is 28.2. The molecule has 0 bridgehead atoms. The lowest BCUT2D eigenvalue weighted by molar-refractivity contribution is -0.109. The lowest BCUT2D eigenvalue weighted by atomic mass is 10.0. The second kappa shape index (κ2) is 7.37. The second-order valence-electron chi connectivity index (χ2n) is 4.19. The first-order chi connectivity index (χ1) is 9.32. The minimum Gasteiger partial charge on any atom is -0.478 e. The van der Waals surface area contributed by atoms with Gasteiger partial charge in [0.25, 0.3) is 0 Å². The Bertz CT molecular complexity index is 506. The van der Waals surface area contributed by atoms with Crippen LogP contribution in [-0.2, 0) is 4.79 Å². The normalized spacial score (nSPS) is 13.8. The first kappa shape index (κ1) is 16.6. The summed E-state index contributed by atoms with van der Waals surface area (Å²) in [6.07, 6.45) is -2.33. The van der Waals surface area contributed by atoms with Gasteiger partial charge in [-0.05, 0) is 24.1 Å². The standard InChI is InChI=1S/C13H15FO5S/c1-7(15)20-5-4-11(16)12(17)8-2-3-9(13(18)19)10(14)6-8/h2-3,6,11-12,16-17H,4-5H2,1H3,(H,18,19). The summed E-state index contributed by atoms with van der Waals surface area (Å²) in [4.78, 5) is 21.4. The van der Waals surface area contributed by atoms with Crippen LogP contribution in [0, 0.1) is 5.82 Å². The molecular formula is C13H15FO5S. The Kier molecular flexibility index (Phi) is 6.12. The molecule has 0 radical (unpaired) electrons. The number of aliphatic hydroxyl groups is 2. The van der Waals surface area contributed by atoms with Crippen LogP contribution in [0.3, 0.4) is 0 Å². The van der Waals surface area contributed by atoms with Crippen LogP contribution in [0.15, 0.2) is 18.2 Å². The Morgan fingerprint density at radius 3 is 2.50 bits per heavy atom. The van der Waals surface area contributed by atoms with Gasteiger partial charge in [0.1, 0.15) is 11.9 Å². The maximum Gasteiger partial charge on any atom is 0.338 e. The highest BCUT2D eigenvalue weighted by atomic mass is 32.2. The molecule has 110 valence electrons. The molecule has 0 aromatic heterocycles. The number of hydrogen-bond acceptors (Lipinski definition) is 5. The average Bonchev–Trinajstić information content (AvgIpc) is 2.36. The van der Waals surface area contributed by atoms with Gasteiger partial charge in [-0.1, -0.05) is 17.8 Å². The van der Waals surface area contributed by atoms with Crippen LogP contribution in [0.5, 0.6) is 0 Å². The van der Waals surface area contributed by atoms with Gasteiger partial charge < -0.3 is 15.3 Å². The zero-order valence-corrected chi connectivity index (χ0v) is 11.6. The zero-order valence-electron chi connectivity index (χ0n) is 10.7. The van der Waals surface area contributed by atoms with E-state index < -0.39 is 29.6 Å². The van der Waals surface area contributed by atoms with Gasteiger partial charge in [-0.3, -0.25) is 4.79 Å². The molecular weight excluding hydrogens is 287 g/mol. The molecule has 7 heteroatoms. The van der Waals surface area contributed by atoms with Crippen molar-refractivity contribution in [3.05, 3.63) is 35.1 Å². The quantitative estimate of drug-likeness (QED) is 0.738. The van der Waals surface area contributed by atoms with Crippen molar-refractivity contribution in [3.63, 3.8) is 0 Å². The Hall–Kier alpha value is -1.44. The van der Waals surface area contributed by atoms with Crippen molar-refractivity contribution < 1.29 is 29.3 Å². The number of rotatable bonds is 6. The van der Waals surface area contributed by atoms with Crippen molar-refractivity contribution in [1.29, 1.82) is 0 Å². The van der Waals surface area contributed by atoms with Gasteiger partial charge in [-0.15, -0.1) is 0 Å². The highest BCUT2D eigenvalue weighted by Crippen LogP contribution is 2.22. The Morgan fingerprint density at radius 1 is 1.35 bits per heavy atom. The van der Waals surface area contributed by atoms with Crippen molar-refractivity contribution in [2.45, 2.75) is 25.6 Å². The molecule has 0 aliphatic carbocycles. The number of halogens is 1. The van der Waals surface area contributed by atoms with Crippen LogP contribution in [0.2, 0.25) is 0 Å². The van der Waals surface area contributed by atoms with Crippen molar-refractivity contribution in [2.75, 3.05) is 5.75 Å². The van der Waals surface area contributed by atoms with Crippen LogP contribution >= 0.6 is 11.8 Å². The fourth-order valence-corrected chi connectivity index (χ4v) is 2.24. The van der Waals surface area contributed by atoms with Crippen LogP contribution in [0.1, 0.15) is 35.4 Å². The Morgan fingerprint density at radius 2 is 2.00 bits per heavy atom. The Labute approximate surface area is 119 Å². The molecule has 2 unspecified atom stereocenters. The monoisotopic (exact) mass is 302 g/mol. The highest BCUT2D eigenvalue weighted by molar-refractivity contribution is 8.13. The summed E-state index contributed by atoms with van der Waals surface area (Å²) >= 11 is 1.02. The van der Waals surface area contributed by atoms with Crippen LogP contribution in [0.4, 0.5) is 4.39 Å². The summed E-state index contributed by atoms with van der Waals surface area (Å²) < 4.78 is 13.5. The van der Waals surface area contributed by atoms with E-state index in [-0.39, 0.29) is 17.1 Å². The van der Waals surface area contributed by atoms with Crippen LogP contribution in [0.25, 0.3) is 0 Å². The van der Waals surface area contributed by atoms with Crippen molar-refractivity contribution >= 4 is 22.8 Å². The smallest absolute Gasteiger partial charge is 0.338 e. The van der Waals surface area contributed by atoms with Gasteiger partial charge in [0.05, 0.1) is 11.7 Å². The number of carbonyl (C=O) groups excluding carboxylic acids is 1. The highest BCUT2D eigenvalue weighted by Gasteiger charge is 2.20. The molecule has 0 heterocycles. The molecule has 1 aromatic rings. The molecule has 0 aliphatic heterocycles. The Balaban J connectivity index is 2.71. The van der Waals surface area contributed by atoms with Gasteiger partial charge in [-0.25, -0.2) is 9.18 Å². The van der Waals surface area contributed by atoms with Gasteiger partial charge in [0.2, 0.25) is 0 Å². The third kappa shape index (κ3) is 4.59. The van der Waals surface area contributed by atoms with Gasteiger partial charge >= 0.3 is 5.97 Å². The molecule has 5 nitrogen and oxygen atoms in total. The van der Waals surface area contributed by atoms with Gasteiger partial charge in [0.15, 0.2) is 5.12 Å². The third-order valence-corrected chi connectivity index (χ3v) is 3.49. The third-order valence-electron chi connectivity index (χ3n) is 2.65. The van der Waals surface area contributed by atoms with E-state index in [0.717, 1.165) is 23.9 Å². The zero-order chi connectivity index (χ0) is 15.3. The minimum atomic E-state index is -1.40. The van der Waals surface area contributed by atoms with E-state index in [9.17, 15) is 24.2 Å². The predicted octanol–water partition coefficient (Wildman–Crippen LogP) is 1.59. The minimum absolute atomic E-state index is 0.0906. The first-order valence-electron chi connectivity index (χ1n) is 5.85. The lowest BCUT2D eigenvalue weighted by Crippen LogP contribution is -2.19. The van der Waals surface area contributed by atoms with Gasteiger partial charge in [0, 0.05) is 12.7 Å². The number of benzene rings is 1. The van der Waals surface area contributed by atoms with E-state index in [4.69, 9.17) is 5.11 Å². The first-order valence-corrected chi connectivity index (χ1v) is 6.83. The summed E-state index contributed by atoms with van der Waals surface area (Å²) in [6, 6.07) is 3.17. The molecule has 0 amide bonds. The largest absolute Gasteiger partial charge is 0.478 e. The molecule has 0 saturated heterocycles. The van der Waals surface area contributed by atoms with Crippen molar-refractivity contribution in [2.24, 2.45) is 0 Å². The second-order valence-corrected chi connectivity index (χ2v) is 5.46. The maximum absolute atomic E-state index is 13.5. The van der Waals surface area contributed by atoms with Crippen LogP contribution in [-0.4, -0.2) is 38.3 Å². The van der Waals surface area contributed by atoms with E-state index in [2.05, 4.69) is 0 Å².